The molecule has 2 rings (SSSR count). The van der Waals surface area contributed by atoms with Gasteiger partial charge in [-0.05, 0) is 44.7 Å². The molecule has 0 spiro atoms. The van der Waals surface area contributed by atoms with E-state index in [0.717, 1.165) is 24.0 Å². The van der Waals surface area contributed by atoms with Crippen LogP contribution < -0.4 is 0 Å². The van der Waals surface area contributed by atoms with E-state index in [0.29, 0.717) is 0 Å². The zero-order valence-electron chi connectivity index (χ0n) is 12.7. The molecule has 2 atom stereocenters. The summed E-state index contributed by atoms with van der Waals surface area (Å²) in [6.45, 7) is 5.96. The first-order valence-electron chi connectivity index (χ1n) is 7.13. The Morgan fingerprint density at radius 2 is 1.90 bits per heavy atom. The number of nitrogens with zero attached hydrogens (tertiary/aromatic N) is 1. The molecule has 0 unspecified atom stereocenters. The number of ether oxygens (including phenoxy) is 1. The lowest BCUT2D eigenvalue weighted by Crippen LogP contribution is -2.43. The first-order chi connectivity index (χ1) is 9.56. The van der Waals surface area contributed by atoms with Crippen LogP contribution in [0, 0.1) is 0 Å². The third-order valence-corrected chi connectivity index (χ3v) is 4.16. The van der Waals surface area contributed by atoms with E-state index >= 15 is 0 Å². The summed E-state index contributed by atoms with van der Waals surface area (Å²) in [6.07, 6.45) is 1.71. The summed E-state index contributed by atoms with van der Waals surface area (Å²) in [4.78, 5) is 14.2. The van der Waals surface area contributed by atoms with Crippen LogP contribution in [0.1, 0.15) is 32.8 Å². The summed E-state index contributed by atoms with van der Waals surface area (Å²) in [5.41, 5.74) is 3.16. The fourth-order valence-corrected chi connectivity index (χ4v) is 2.74. The number of hydrogen-bond donors (Lipinski definition) is 0. The molecule has 1 aromatic rings. The van der Waals surface area contributed by atoms with Crippen LogP contribution in [0.15, 0.2) is 41.5 Å². The number of carbonyl (C=O) groups is 1. The predicted octanol–water partition coefficient (Wildman–Crippen LogP) is 3.16. The Hall–Kier alpha value is -1.61. The number of aryl methyl sites for hydroxylation is 1. The zero-order valence-corrected chi connectivity index (χ0v) is 12.7. The average molecular weight is 273 g/mol. The van der Waals surface area contributed by atoms with Crippen LogP contribution in [0.25, 0.3) is 0 Å². The quantitative estimate of drug-likeness (QED) is 0.824. The lowest BCUT2D eigenvalue weighted by molar-refractivity contribution is -0.136. The van der Waals surface area contributed by atoms with Gasteiger partial charge in [0.25, 0.3) is 5.91 Å². The van der Waals surface area contributed by atoms with E-state index in [9.17, 15) is 4.79 Å². The second-order valence-corrected chi connectivity index (χ2v) is 5.48. The number of rotatable bonds is 5. The molecule has 0 aliphatic carbocycles. The van der Waals surface area contributed by atoms with Crippen LogP contribution in [0.5, 0.6) is 0 Å². The average Bonchev–Trinajstić information content (AvgIpc) is 2.69. The van der Waals surface area contributed by atoms with Gasteiger partial charge in [0, 0.05) is 18.7 Å². The van der Waals surface area contributed by atoms with Gasteiger partial charge in [0.05, 0.1) is 0 Å². The molecule has 20 heavy (non-hydrogen) atoms. The van der Waals surface area contributed by atoms with Gasteiger partial charge in [-0.2, -0.15) is 0 Å². The van der Waals surface area contributed by atoms with Crippen LogP contribution >= 0.6 is 0 Å². The highest BCUT2D eigenvalue weighted by Crippen LogP contribution is 2.29. The first-order valence-corrected chi connectivity index (χ1v) is 7.13. The second kappa shape index (κ2) is 6.23. The minimum Gasteiger partial charge on any atom is -0.358 e. The molecule has 0 N–H and O–H groups in total. The molecule has 0 saturated heterocycles. The summed E-state index contributed by atoms with van der Waals surface area (Å²) in [5.74, 6) is 0.106. The van der Waals surface area contributed by atoms with Crippen molar-refractivity contribution in [3.05, 3.63) is 47.0 Å². The number of amides is 1. The highest BCUT2D eigenvalue weighted by molar-refractivity contribution is 5.97. The second-order valence-electron chi connectivity index (χ2n) is 5.48. The summed E-state index contributed by atoms with van der Waals surface area (Å²) in [6, 6.07) is 10.5. The predicted molar refractivity (Wildman–Crippen MR) is 80.2 cm³/mol. The third kappa shape index (κ3) is 2.78. The van der Waals surface area contributed by atoms with E-state index in [1.54, 1.807) is 7.11 Å². The normalized spacial score (nSPS) is 20.7. The lowest BCUT2D eigenvalue weighted by Gasteiger charge is -2.31. The van der Waals surface area contributed by atoms with Crippen molar-refractivity contribution in [3.63, 3.8) is 0 Å². The Labute approximate surface area is 121 Å². The topological polar surface area (TPSA) is 29.5 Å². The molecule has 1 aromatic carbocycles. The molecule has 0 bridgehead atoms. The van der Waals surface area contributed by atoms with E-state index in [1.807, 2.05) is 24.8 Å². The standard InChI is InChI=1S/C17H23NO2/c1-12(10-11-15-8-6-5-7-9-15)18-16(19)13(2)14(3)17(18)20-4/h5-9,12,17H,10-11H2,1-4H3/t12-,17-/m1/s1. The SMILES string of the molecule is CO[C@@H]1C(C)=C(C)C(=O)N1[C@H](C)CCc1ccccc1. The van der Waals surface area contributed by atoms with Crippen LogP contribution in [-0.2, 0) is 16.0 Å². The van der Waals surface area contributed by atoms with Crippen LogP contribution in [0.4, 0.5) is 0 Å². The molecule has 1 amide bonds. The molecule has 3 heteroatoms. The van der Waals surface area contributed by atoms with Crippen molar-refractivity contribution in [2.75, 3.05) is 7.11 Å². The molecule has 3 nitrogen and oxygen atoms in total. The van der Waals surface area contributed by atoms with Crippen LogP contribution in [0.3, 0.4) is 0 Å². The molecule has 1 aliphatic heterocycles. The van der Waals surface area contributed by atoms with E-state index in [2.05, 4.69) is 31.2 Å². The molecule has 1 heterocycles. The third-order valence-electron chi connectivity index (χ3n) is 4.16. The van der Waals surface area contributed by atoms with Crippen LogP contribution in [0.2, 0.25) is 0 Å². The summed E-state index contributed by atoms with van der Waals surface area (Å²) in [7, 11) is 1.66. The van der Waals surface area contributed by atoms with Crippen molar-refractivity contribution in [1.82, 2.24) is 4.90 Å². The van der Waals surface area contributed by atoms with Crippen molar-refractivity contribution in [1.29, 1.82) is 0 Å². The fraction of sp³-hybridized carbons (Fsp3) is 0.471. The molecule has 0 aromatic heterocycles. The minimum atomic E-state index is -0.201. The van der Waals surface area contributed by atoms with Gasteiger partial charge < -0.3 is 9.64 Å². The van der Waals surface area contributed by atoms with Gasteiger partial charge in [0.1, 0.15) is 0 Å². The van der Waals surface area contributed by atoms with E-state index < -0.39 is 0 Å². The summed E-state index contributed by atoms with van der Waals surface area (Å²) < 4.78 is 5.50. The molecule has 1 aliphatic rings. The molecule has 108 valence electrons. The van der Waals surface area contributed by atoms with Gasteiger partial charge in [0.15, 0.2) is 6.23 Å². The van der Waals surface area contributed by atoms with Gasteiger partial charge in [-0.1, -0.05) is 30.3 Å². The Bertz CT molecular complexity index is 507. The Balaban J connectivity index is 2.02. The molecule has 0 fully saturated rings. The largest absolute Gasteiger partial charge is 0.358 e. The van der Waals surface area contributed by atoms with Crippen molar-refractivity contribution >= 4 is 5.91 Å². The highest BCUT2D eigenvalue weighted by Gasteiger charge is 2.37. The number of hydrogen-bond acceptors (Lipinski definition) is 2. The first kappa shape index (κ1) is 14.8. The van der Waals surface area contributed by atoms with E-state index in [-0.39, 0.29) is 18.2 Å². The lowest BCUT2D eigenvalue weighted by atomic mass is 10.1. The van der Waals surface area contributed by atoms with Gasteiger partial charge >= 0.3 is 0 Å². The van der Waals surface area contributed by atoms with Gasteiger partial charge in [-0.15, -0.1) is 0 Å². The maximum atomic E-state index is 12.3. The monoisotopic (exact) mass is 273 g/mol. The van der Waals surface area contributed by atoms with Crippen LogP contribution in [-0.4, -0.2) is 30.2 Å². The van der Waals surface area contributed by atoms with Gasteiger partial charge in [0.2, 0.25) is 0 Å². The van der Waals surface area contributed by atoms with E-state index in [4.69, 9.17) is 4.74 Å². The minimum absolute atomic E-state index is 0.106. The number of methoxy groups -OCH3 is 1. The van der Waals surface area contributed by atoms with Crippen molar-refractivity contribution in [3.8, 4) is 0 Å². The summed E-state index contributed by atoms with van der Waals surface area (Å²) >= 11 is 0. The van der Waals surface area contributed by atoms with Crippen molar-refractivity contribution in [2.24, 2.45) is 0 Å². The molecular weight excluding hydrogens is 250 g/mol. The highest BCUT2D eigenvalue weighted by atomic mass is 16.5. The Kier molecular flexibility index (Phi) is 4.61. The molecule has 0 radical (unpaired) electrons. The maximum Gasteiger partial charge on any atom is 0.252 e. The molecule has 0 saturated carbocycles. The maximum absolute atomic E-state index is 12.3. The summed E-state index contributed by atoms with van der Waals surface area (Å²) in [5, 5.41) is 0. The van der Waals surface area contributed by atoms with Crippen molar-refractivity contribution in [2.45, 2.75) is 45.9 Å². The zero-order chi connectivity index (χ0) is 14.7. The van der Waals surface area contributed by atoms with Gasteiger partial charge in [-0.25, -0.2) is 0 Å². The van der Waals surface area contributed by atoms with Gasteiger partial charge in [-0.3, -0.25) is 4.79 Å². The Morgan fingerprint density at radius 3 is 2.50 bits per heavy atom. The fourth-order valence-electron chi connectivity index (χ4n) is 2.74. The Morgan fingerprint density at radius 1 is 1.25 bits per heavy atom. The smallest absolute Gasteiger partial charge is 0.252 e. The number of benzene rings is 1. The van der Waals surface area contributed by atoms with Crippen molar-refractivity contribution < 1.29 is 9.53 Å². The molecular formula is C17H23NO2. The van der Waals surface area contributed by atoms with E-state index in [1.165, 1.54) is 5.56 Å². The number of carbonyl (C=O) groups excluding carboxylic acids is 1.